The summed E-state index contributed by atoms with van der Waals surface area (Å²) in [6.07, 6.45) is 7.50. The number of amides is 4. The van der Waals surface area contributed by atoms with E-state index >= 15 is 0 Å². The van der Waals surface area contributed by atoms with Gasteiger partial charge in [0.15, 0.2) is 5.82 Å². The molecule has 1 unspecified atom stereocenters. The lowest BCUT2D eigenvalue weighted by Gasteiger charge is -2.33. The third-order valence-corrected chi connectivity index (χ3v) is 12.3. The molecule has 0 radical (unpaired) electrons. The van der Waals surface area contributed by atoms with Gasteiger partial charge in [-0.25, -0.2) is 0 Å². The predicted octanol–water partition coefficient (Wildman–Crippen LogP) is 4.22. The molecular weight excluding hydrogens is 743 g/mol. The van der Waals surface area contributed by atoms with Crippen molar-refractivity contribution in [3.63, 3.8) is 0 Å². The number of imide groups is 2. The molecule has 290 valence electrons. The highest BCUT2D eigenvalue weighted by atomic mass is 32.1. The molecule has 0 aliphatic carbocycles. The summed E-state index contributed by atoms with van der Waals surface area (Å²) >= 11 is 1.66. The fourth-order valence-electron chi connectivity index (χ4n) is 8.20. The van der Waals surface area contributed by atoms with Gasteiger partial charge < -0.3 is 15.0 Å². The number of thiophene rings is 1. The molecule has 4 aliphatic rings. The fraction of sp³-hybridized carbons (Fsp3) is 0.357. The Balaban J connectivity index is 0.801. The van der Waals surface area contributed by atoms with E-state index in [1.54, 1.807) is 23.5 Å². The van der Waals surface area contributed by atoms with Crippen molar-refractivity contribution in [3.8, 4) is 16.8 Å². The van der Waals surface area contributed by atoms with Crippen molar-refractivity contribution in [2.45, 2.75) is 77.3 Å². The number of carbonyl (C=O) groups excluding carboxylic acids is 4. The second-order valence-corrected chi connectivity index (χ2v) is 15.9. The maximum Gasteiger partial charge on any atom is 0.264 e. The van der Waals surface area contributed by atoms with Gasteiger partial charge >= 0.3 is 0 Å². The second-order valence-electron chi connectivity index (χ2n) is 14.9. The van der Waals surface area contributed by atoms with Gasteiger partial charge in [0.2, 0.25) is 11.8 Å². The molecule has 1 atom stereocenters. The number of fused-ring (bicyclic) bond motifs is 4. The Bertz CT molecular complexity index is 2450. The number of rotatable bonds is 9. The maximum atomic E-state index is 13.5. The first kappa shape index (κ1) is 36.7. The number of nitrogens with one attached hydrogen (secondary N) is 2. The van der Waals surface area contributed by atoms with Gasteiger partial charge in [0.05, 0.1) is 34.4 Å². The summed E-state index contributed by atoms with van der Waals surface area (Å²) in [6.45, 7) is 6.38. The van der Waals surface area contributed by atoms with E-state index in [0.29, 0.717) is 24.5 Å². The van der Waals surface area contributed by atoms with Crippen molar-refractivity contribution in [1.29, 1.82) is 0 Å². The Kier molecular flexibility index (Phi) is 9.99. The summed E-state index contributed by atoms with van der Waals surface area (Å²) in [6, 6.07) is 14.8. The molecule has 14 nitrogen and oxygen atoms in total. The molecule has 0 bridgehead atoms. The third-order valence-electron chi connectivity index (χ3n) is 11.1. The summed E-state index contributed by atoms with van der Waals surface area (Å²) in [7, 11) is 0. The molecule has 2 saturated heterocycles. The number of benzene rings is 2. The molecule has 2 N–H and O–H groups in total. The van der Waals surface area contributed by atoms with Crippen LogP contribution in [-0.2, 0) is 40.5 Å². The number of carbonyl (C=O) groups is 4. The Labute approximate surface area is 333 Å². The van der Waals surface area contributed by atoms with Gasteiger partial charge in [-0.3, -0.25) is 38.6 Å². The van der Waals surface area contributed by atoms with E-state index < -0.39 is 29.7 Å². The Hall–Kier alpha value is -5.95. The molecule has 4 aliphatic heterocycles. The van der Waals surface area contributed by atoms with Crippen LogP contribution in [0.15, 0.2) is 60.9 Å². The van der Waals surface area contributed by atoms with Crippen LogP contribution in [0.4, 0.5) is 5.69 Å². The van der Waals surface area contributed by atoms with Gasteiger partial charge in [-0.15, -0.1) is 21.5 Å². The van der Waals surface area contributed by atoms with E-state index in [0.717, 1.165) is 89.4 Å². The van der Waals surface area contributed by atoms with Crippen LogP contribution in [0.2, 0.25) is 0 Å². The van der Waals surface area contributed by atoms with Gasteiger partial charge in [0, 0.05) is 49.5 Å². The highest BCUT2D eigenvalue weighted by Crippen LogP contribution is 2.37. The Morgan fingerprint density at radius 3 is 2.61 bits per heavy atom. The van der Waals surface area contributed by atoms with E-state index in [2.05, 4.69) is 71.5 Å². The maximum absolute atomic E-state index is 13.5. The average Bonchev–Trinajstić information content (AvgIpc) is 3.94. The van der Waals surface area contributed by atoms with Crippen LogP contribution in [0.1, 0.15) is 91.6 Å². The van der Waals surface area contributed by atoms with Crippen molar-refractivity contribution in [2.24, 2.45) is 0 Å². The lowest BCUT2D eigenvalue weighted by molar-refractivity contribution is -0.136. The molecule has 3 aromatic heterocycles. The molecule has 2 aromatic carbocycles. The van der Waals surface area contributed by atoms with Crippen molar-refractivity contribution in [2.75, 3.05) is 25.0 Å². The van der Waals surface area contributed by atoms with Crippen LogP contribution in [0.3, 0.4) is 0 Å². The summed E-state index contributed by atoms with van der Waals surface area (Å²) in [5.74, 6) is 6.49. The molecule has 0 spiro atoms. The first-order valence-corrected chi connectivity index (χ1v) is 20.2. The van der Waals surface area contributed by atoms with Gasteiger partial charge in [0.1, 0.15) is 23.5 Å². The molecule has 57 heavy (non-hydrogen) atoms. The normalized spacial score (nSPS) is 18.4. The number of aryl methyl sites for hydroxylation is 2. The summed E-state index contributed by atoms with van der Waals surface area (Å²) in [5.41, 5.74) is 5.57. The van der Waals surface area contributed by atoms with E-state index in [9.17, 15) is 19.2 Å². The van der Waals surface area contributed by atoms with Gasteiger partial charge in [0.25, 0.3) is 11.8 Å². The SMILES string of the molecule is Cc1nnc2n1-c1sc(C#Cc3cnn(CCCN4CCC(Nc5cccc6c5C(=O)N(C5CCC(=O)NC5=O)C6=O)CC4)c3)c(Cc3ccccc3)c1COC2. The summed E-state index contributed by atoms with van der Waals surface area (Å²) < 4.78 is 10.1. The number of likely N-dealkylation sites (tertiary alicyclic amines) is 1. The van der Waals surface area contributed by atoms with Crippen LogP contribution in [0.5, 0.6) is 0 Å². The first-order chi connectivity index (χ1) is 27.8. The molecule has 4 amide bonds. The highest BCUT2D eigenvalue weighted by molar-refractivity contribution is 7.15. The Morgan fingerprint density at radius 2 is 1.79 bits per heavy atom. The largest absolute Gasteiger partial charge is 0.382 e. The predicted molar refractivity (Wildman–Crippen MR) is 211 cm³/mol. The summed E-state index contributed by atoms with van der Waals surface area (Å²) in [4.78, 5) is 55.4. The number of piperidine rings is 2. The Morgan fingerprint density at radius 1 is 0.947 bits per heavy atom. The smallest absolute Gasteiger partial charge is 0.264 e. The van der Waals surface area contributed by atoms with E-state index in [4.69, 9.17) is 4.74 Å². The number of nitrogens with zero attached hydrogens (tertiary/aromatic N) is 7. The molecule has 2 fully saturated rings. The quantitative estimate of drug-likeness (QED) is 0.164. The zero-order chi connectivity index (χ0) is 39.0. The molecule has 7 heterocycles. The topological polar surface area (TPSA) is 157 Å². The zero-order valence-electron chi connectivity index (χ0n) is 31.5. The van der Waals surface area contributed by atoms with Crippen molar-refractivity contribution in [3.05, 3.63) is 111 Å². The lowest BCUT2D eigenvalue weighted by Crippen LogP contribution is -2.54. The van der Waals surface area contributed by atoms with Crippen LogP contribution in [0, 0.1) is 18.8 Å². The van der Waals surface area contributed by atoms with E-state index in [1.165, 1.54) is 11.1 Å². The van der Waals surface area contributed by atoms with Crippen molar-refractivity contribution < 1.29 is 23.9 Å². The zero-order valence-corrected chi connectivity index (χ0v) is 32.3. The summed E-state index contributed by atoms with van der Waals surface area (Å²) in [5, 5.41) is 20.1. The van der Waals surface area contributed by atoms with Gasteiger partial charge in [-0.2, -0.15) is 5.10 Å². The molecule has 15 heteroatoms. The minimum Gasteiger partial charge on any atom is -0.382 e. The molecule has 9 rings (SSSR count). The highest BCUT2D eigenvalue weighted by Gasteiger charge is 2.45. The number of ether oxygens (including phenoxy) is 1. The number of hydrogen-bond acceptors (Lipinski definition) is 11. The molecular formula is C42H41N9O5S. The van der Waals surface area contributed by atoms with E-state index in [-0.39, 0.29) is 24.4 Å². The number of hydrogen-bond donors (Lipinski definition) is 2. The molecule has 0 saturated carbocycles. The minimum atomic E-state index is -0.988. The third kappa shape index (κ3) is 7.27. The first-order valence-electron chi connectivity index (χ1n) is 19.4. The van der Waals surface area contributed by atoms with Crippen molar-refractivity contribution >= 4 is 40.7 Å². The second kappa shape index (κ2) is 15.5. The van der Waals surface area contributed by atoms with Crippen LogP contribution in [-0.4, -0.2) is 89.7 Å². The van der Waals surface area contributed by atoms with Crippen molar-refractivity contribution in [1.82, 2.24) is 39.7 Å². The minimum absolute atomic E-state index is 0.0865. The number of aromatic nitrogens is 5. The van der Waals surface area contributed by atoms with Crippen LogP contribution < -0.4 is 10.6 Å². The standard InChI is InChI=1S/C42H41N9O5S/c1-26-46-47-36-25-56-24-32-31(21-27-7-3-2-4-8-27)35(57-42(32)50(26)36)13-11-28-22-43-49(23-28)18-6-17-48-19-15-29(16-20-48)44-33-10-5-9-30-38(33)41(55)51(40(30)54)34-12-14-37(52)45-39(34)53/h2-5,7-10,22-23,29,34,44H,6,12,14-21,24-25H2,1H3,(H,45,52,53). The lowest BCUT2D eigenvalue weighted by atomic mass is 10.0. The van der Waals surface area contributed by atoms with Gasteiger partial charge in [-0.1, -0.05) is 48.2 Å². The van der Waals surface area contributed by atoms with Crippen LogP contribution >= 0.6 is 11.3 Å². The van der Waals surface area contributed by atoms with E-state index in [1.807, 2.05) is 36.1 Å². The van der Waals surface area contributed by atoms with Gasteiger partial charge in [-0.05, 0) is 68.8 Å². The molecule has 5 aromatic rings. The fourth-order valence-corrected chi connectivity index (χ4v) is 9.45. The number of anilines is 1. The monoisotopic (exact) mass is 783 g/mol. The average molecular weight is 784 g/mol. The van der Waals surface area contributed by atoms with Crippen LogP contribution in [0.25, 0.3) is 5.00 Å².